The molecule has 3 aromatic rings. The third kappa shape index (κ3) is 6.23. The van der Waals surface area contributed by atoms with Crippen LogP contribution < -0.4 is 20.7 Å². The Kier molecular flexibility index (Phi) is 8.26. The molecule has 208 valence electrons. The Morgan fingerprint density at radius 1 is 0.975 bits per heavy atom. The Morgan fingerprint density at radius 3 is 2.52 bits per heavy atom. The Morgan fingerprint density at radius 2 is 1.75 bits per heavy atom. The van der Waals surface area contributed by atoms with Gasteiger partial charge in [-0.2, -0.15) is 0 Å². The molecule has 0 unspecified atom stereocenters. The van der Waals surface area contributed by atoms with E-state index >= 15 is 0 Å². The lowest BCUT2D eigenvalue weighted by molar-refractivity contribution is -0.385. The lowest BCUT2D eigenvalue weighted by Gasteiger charge is -2.26. The standard InChI is InChI=1S/C30H33N5O5/c1-40-28-19-22(8-11-27(28)35(38)39)21-7-9-23-25(18-21)32-24-10-6-20(16-26(24)33-30(23)37)17-29(36)31-12-5-15-34-13-3-2-4-14-34/h6-11,16,18-19,32H,2-5,12-15,17H2,1H3,(H,31,36)(H,33,37). The van der Waals surface area contributed by atoms with Crippen LogP contribution in [0.3, 0.4) is 0 Å². The number of nitrogens with zero attached hydrogens (tertiary/aromatic N) is 2. The van der Waals surface area contributed by atoms with Crippen molar-refractivity contribution in [3.63, 3.8) is 0 Å². The quantitative estimate of drug-likeness (QED) is 0.194. The molecule has 5 rings (SSSR count). The van der Waals surface area contributed by atoms with E-state index in [-0.39, 0.29) is 29.7 Å². The smallest absolute Gasteiger partial charge is 0.310 e. The highest BCUT2D eigenvalue weighted by molar-refractivity contribution is 6.12. The van der Waals surface area contributed by atoms with Gasteiger partial charge in [0.2, 0.25) is 5.91 Å². The fourth-order valence-electron chi connectivity index (χ4n) is 5.24. The molecule has 0 saturated carbocycles. The zero-order valence-electron chi connectivity index (χ0n) is 22.5. The molecule has 2 amide bonds. The van der Waals surface area contributed by atoms with E-state index in [1.54, 1.807) is 24.3 Å². The van der Waals surface area contributed by atoms with Crippen molar-refractivity contribution in [3.8, 4) is 16.9 Å². The fraction of sp³-hybridized carbons (Fsp3) is 0.333. The summed E-state index contributed by atoms with van der Waals surface area (Å²) >= 11 is 0. The van der Waals surface area contributed by atoms with Gasteiger partial charge in [-0.25, -0.2) is 0 Å². The predicted molar refractivity (Wildman–Crippen MR) is 154 cm³/mol. The number of carbonyl (C=O) groups excluding carboxylic acids is 2. The van der Waals surface area contributed by atoms with Gasteiger partial charge >= 0.3 is 5.69 Å². The molecule has 10 heteroatoms. The van der Waals surface area contributed by atoms with Crippen LogP contribution in [0.1, 0.15) is 41.6 Å². The van der Waals surface area contributed by atoms with E-state index in [9.17, 15) is 19.7 Å². The minimum Gasteiger partial charge on any atom is -0.490 e. The average Bonchev–Trinajstić information content (AvgIpc) is 3.10. The van der Waals surface area contributed by atoms with Gasteiger partial charge in [0.25, 0.3) is 5.91 Å². The molecule has 3 N–H and O–H groups in total. The van der Waals surface area contributed by atoms with Gasteiger partial charge in [-0.3, -0.25) is 19.7 Å². The number of hydrogen-bond donors (Lipinski definition) is 3. The first-order valence-corrected chi connectivity index (χ1v) is 13.6. The fourth-order valence-corrected chi connectivity index (χ4v) is 5.24. The molecule has 2 heterocycles. The van der Waals surface area contributed by atoms with Crippen molar-refractivity contribution in [2.75, 3.05) is 43.9 Å². The van der Waals surface area contributed by atoms with E-state index in [1.165, 1.54) is 32.4 Å². The van der Waals surface area contributed by atoms with Gasteiger partial charge in [-0.05, 0) is 92.0 Å². The monoisotopic (exact) mass is 543 g/mol. The van der Waals surface area contributed by atoms with Gasteiger partial charge in [0.1, 0.15) is 0 Å². The number of benzene rings is 3. The number of anilines is 3. The third-order valence-corrected chi connectivity index (χ3v) is 7.36. The first-order chi connectivity index (χ1) is 19.4. The number of nitro groups is 1. The van der Waals surface area contributed by atoms with Crippen molar-refractivity contribution in [2.45, 2.75) is 32.1 Å². The molecular weight excluding hydrogens is 510 g/mol. The van der Waals surface area contributed by atoms with Crippen LogP contribution in [0.2, 0.25) is 0 Å². The van der Waals surface area contributed by atoms with Crippen LogP contribution in [0, 0.1) is 10.1 Å². The molecule has 0 bridgehead atoms. The van der Waals surface area contributed by atoms with E-state index in [0.29, 0.717) is 34.7 Å². The second-order valence-corrected chi connectivity index (χ2v) is 10.1. The number of piperidine rings is 1. The van der Waals surface area contributed by atoms with Crippen LogP contribution in [-0.2, 0) is 11.2 Å². The number of likely N-dealkylation sites (tertiary alicyclic amines) is 1. The minimum atomic E-state index is -0.489. The summed E-state index contributed by atoms with van der Waals surface area (Å²) in [5.74, 6) is -0.154. The Bertz CT molecular complexity index is 1430. The first kappa shape index (κ1) is 27.1. The number of nitro benzene ring substituents is 1. The minimum absolute atomic E-state index is 0.0436. The number of rotatable bonds is 9. The van der Waals surface area contributed by atoms with Crippen LogP contribution in [0.4, 0.5) is 22.7 Å². The van der Waals surface area contributed by atoms with Crippen molar-refractivity contribution in [2.24, 2.45) is 0 Å². The van der Waals surface area contributed by atoms with Crippen molar-refractivity contribution < 1.29 is 19.2 Å². The van der Waals surface area contributed by atoms with Gasteiger partial charge in [0.05, 0.1) is 41.1 Å². The topological polar surface area (TPSA) is 126 Å². The normalized spacial score (nSPS) is 14.7. The third-order valence-electron chi connectivity index (χ3n) is 7.36. The number of amides is 2. The van der Waals surface area contributed by atoms with Crippen molar-refractivity contribution in [1.82, 2.24) is 10.2 Å². The summed E-state index contributed by atoms with van der Waals surface area (Å²) in [5.41, 5.74) is 4.53. The molecule has 2 aliphatic heterocycles. The summed E-state index contributed by atoms with van der Waals surface area (Å²) in [6, 6.07) is 15.5. The Balaban J connectivity index is 1.25. The maximum Gasteiger partial charge on any atom is 0.310 e. The Hall–Kier alpha value is -4.44. The number of methoxy groups -OCH3 is 1. The first-order valence-electron chi connectivity index (χ1n) is 13.6. The van der Waals surface area contributed by atoms with Gasteiger partial charge in [0, 0.05) is 12.6 Å². The molecular formula is C30H33N5O5. The molecule has 40 heavy (non-hydrogen) atoms. The molecule has 0 radical (unpaired) electrons. The molecule has 3 aromatic carbocycles. The molecule has 0 aromatic heterocycles. The summed E-state index contributed by atoms with van der Waals surface area (Å²) < 4.78 is 5.20. The summed E-state index contributed by atoms with van der Waals surface area (Å²) in [6.45, 7) is 3.97. The molecule has 10 nitrogen and oxygen atoms in total. The van der Waals surface area contributed by atoms with Crippen LogP contribution >= 0.6 is 0 Å². The van der Waals surface area contributed by atoms with E-state index < -0.39 is 4.92 Å². The van der Waals surface area contributed by atoms with Crippen LogP contribution in [0.15, 0.2) is 54.6 Å². The van der Waals surface area contributed by atoms with Gasteiger partial charge in [0.15, 0.2) is 5.75 Å². The largest absolute Gasteiger partial charge is 0.490 e. The SMILES string of the molecule is COc1cc(-c2ccc3c(c2)Nc2ccc(CC(=O)NCCCN4CCCCC4)cc2NC3=O)ccc1[N+](=O)[O-]. The highest BCUT2D eigenvalue weighted by atomic mass is 16.6. The van der Waals surface area contributed by atoms with Crippen molar-refractivity contribution in [1.29, 1.82) is 0 Å². The van der Waals surface area contributed by atoms with E-state index in [1.807, 2.05) is 24.3 Å². The summed E-state index contributed by atoms with van der Waals surface area (Å²) in [6.07, 6.45) is 5.00. The maximum absolute atomic E-state index is 13.0. The highest BCUT2D eigenvalue weighted by Crippen LogP contribution is 2.37. The predicted octanol–water partition coefficient (Wildman–Crippen LogP) is 5.11. The van der Waals surface area contributed by atoms with Crippen LogP contribution in [0.5, 0.6) is 5.75 Å². The van der Waals surface area contributed by atoms with E-state index in [0.717, 1.165) is 37.2 Å². The molecule has 2 aliphatic rings. The summed E-state index contributed by atoms with van der Waals surface area (Å²) in [4.78, 5) is 38.8. The lowest BCUT2D eigenvalue weighted by atomic mass is 10.0. The van der Waals surface area contributed by atoms with Gasteiger partial charge in [-0.15, -0.1) is 0 Å². The highest BCUT2D eigenvalue weighted by Gasteiger charge is 2.21. The Labute approximate surface area is 232 Å². The molecule has 0 atom stereocenters. The van der Waals surface area contributed by atoms with Crippen molar-refractivity contribution in [3.05, 3.63) is 75.8 Å². The van der Waals surface area contributed by atoms with Crippen LogP contribution in [-0.4, -0.2) is 54.9 Å². The number of hydrogen-bond acceptors (Lipinski definition) is 7. The number of carbonyl (C=O) groups is 2. The van der Waals surface area contributed by atoms with E-state index in [2.05, 4.69) is 20.9 Å². The summed E-state index contributed by atoms with van der Waals surface area (Å²) in [5, 5.41) is 20.5. The van der Waals surface area contributed by atoms with Crippen molar-refractivity contribution >= 4 is 34.6 Å². The van der Waals surface area contributed by atoms with Gasteiger partial charge in [-0.1, -0.05) is 18.6 Å². The number of nitrogens with one attached hydrogen (secondary N) is 3. The molecule has 1 fully saturated rings. The van der Waals surface area contributed by atoms with E-state index in [4.69, 9.17) is 4.74 Å². The average molecular weight is 544 g/mol. The van der Waals surface area contributed by atoms with Gasteiger partial charge < -0.3 is 25.6 Å². The number of ether oxygens (including phenoxy) is 1. The second kappa shape index (κ2) is 12.2. The summed E-state index contributed by atoms with van der Waals surface area (Å²) in [7, 11) is 1.39. The molecule has 0 aliphatic carbocycles. The molecule has 1 saturated heterocycles. The van der Waals surface area contributed by atoms with Crippen LogP contribution in [0.25, 0.3) is 11.1 Å². The number of fused-ring (bicyclic) bond motifs is 2. The zero-order valence-corrected chi connectivity index (χ0v) is 22.5. The molecule has 0 spiro atoms. The zero-order chi connectivity index (χ0) is 28.1. The maximum atomic E-state index is 13.0. The second-order valence-electron chi connectivity index (χ2n) is 10.1. The lowest BCUT2D eigenvalue weighted by Crippen LogP contribution is -2.33.